The van der Waals surface area contributed by atoms with E-state index in [0.29, 0.717) is 24.9 Å². The molecule has 0 saturated heterocycles. The van der Waals surface area contributed by atoms with Crippen LogP contribution in [0.25, 0.3) is 16.6 Å². The fourth-order valence-electron chi connectivity index (χ4n) is 4.12. The molecule has 2 aromatic rings. The maximum atomic E-state index is 7.32. The highest BCUT2D eigenvalue weighted by Crippen LogP contribution is 2.36. The summed E-state index contributed by atoms with van der Waals surface area (Å²) in [6.07, 6.45) is 11.4. The third-order valence-corrected chi connectivity index (χ3v) is 6.04. The van der Waals surface area contributed by atoms with Gasteiger partial charge >= 0.3 is 0 Å². The highest BCUT2D eigenvalue weighted by molar-refractivity contribution is 5.95. The van der Waals surface area contributed by atoms with Gasteiger partial charge in [-0.3, -0.25) is 0 Å². The maximum Gasteiger partial charge on any atom is 0.102 e. The van der Waals surface area contributed by atoms with E-state index in [4.69, 9.17) is 20.9 Å². The van der Waals surface area contributed by atoms with Crippen molar-refractivity contribution in [2.75, 3.05) is 18.5 Å². The number of anilines is 1. The van der Waals surface area contributed by atoms with Crippen molar-refractivity contribution in [1.82, 2.24) is 9.55 Å². The molecule has 0 radical (unpaired) electrons. The van der Waals surface area contributed by atoms with E-state index >= 15 is 0 Å². The topological polar surface area (TPSA) is 88.9 Å². The number of hydrogen-bond donors (Lipinski definition) is 3. The Morgan fingerprint density at radius 2 is 2.09 bits per heavy atom. The molecule has 1 atom stereocenters. The smallest absolute Gasteiger partial charge is 0.102 e. The number of nitrogens with zero attached hydrogens (tertiary/aromatic N) is 2. The Labute approximate surface area is 204 Å². The minimum Gasteiger partial charge on any atom is -0.498 e. The summed E-state index contributed by atoms with van der Waals surface area (Å²) in [5.41, 5.74) is 14.0. The molecule has 0 fully saturated rings. The molecule has 0 aliphatic rings. The molecule has 34 heavy (non-hydrogen) atoms. The molecule has 4 N–H and O–H groups in total. The number of ether oxygens (including phenoxy) is 1. The number of nitrogens with two attached hydrogens (primary N) is 1. The Kier molecular flexibility index (Phi) is 10.2. The first kappa shape index (κ1) is 27.0. The van der Waals surface area contributed by atoms with Crippen molar-refractivity contribution in [2.24, 2.45) is 5.73 Å². The van der Waals surface area contributed by atoms with E-state index in [1.165, 1.54) is 17.5 Å². The molecule has 0 amide bonds. The van der Waals surface area contributed by atoms with Gasteiger partial charge in [-0.2, -0.15) is 0 Å². The molecule has 0 aliphatic carbocycles. The average molecular weight is 464 g/mol. The zero-order valence-electron chi connectivity index (χ0n) is 21.7. The summed E-state index contributed by atoms with van der Waals surface area (Å²) in [6, 6.07) is 2.42. The van der Waals surface area contributed by atoms with Crippen molar-refractivity contribution in [1.29, 1.82) is 5.41 Å². The zero-order chi connectivity index (χ0) is 25.3. The van der Waals surface area contributed by atoms with E-state index in [1.54, 1.807) is 12.2 Å². The number of nitrogens with one attached hydrogen (secondary N) is 2. The first-order chi connectivity index (χ1) is 16.3. The monoisotopic (exact) mass is 463 g/mol. The van der Waals surface area contributed by atoms with Gasteiger partial charge in [0.05, 0.1) is 35.6 Å². The standard InChI is InChI=1S/C28H41N5O/c1-8-12-13-23(21(7)34-16-9-2)24-17-25(31-18-22(30)14-15-29)28-27(32-24)20(6)26(11-4)33(28)19(5)10-3/h8,12-15,17,19,29H,1,9-11,16,18,30H2,2-7H3,(H,31,32)/b13-12-,22-14?,23-21-,29-15?. The molecule has 0 spiro atoms. The third-order valence-electron chi connectivity index (χ3n) is 6.04. The highest BCUT2D eigenvalue weighted by atomic mass is 16.5. The third kappa shape index (κ3) is 5.99. The first-order valence-corrected chi connectivity index (χ1v) is 12.2. The molecule has 2 aromatic heterocycles. The molecular formula is C28H41N5O. The Balaban J connectivity index is 2.87. The van der Waals surface area contributed by atoms with Crippen LogP contribution in [0.5, 0.6) is 0 Å². The summed E-state index contributed by atoms with van der Waals surface area (Å²) >= 11 is 0. The lowest BCUT2D eigenvalue weighted by Gasteiger charge is -2.20. The fraction of sp³-hybridized carbons (Fsp3) is 0.429. The number of aromatic nitrogens is 2. The maximum absolute atomic E-state index is 7.32. The molecular weight excluding hydrogens is 422 g/mol. The quantitative estimate of drug-likeness (QED) is 0.175. The predicted octanol–water partition coefficient (Wildman–Crippen LogP) is 6.68. The summed E-state index contributed by atoms with van der Waals surface area (Å²) in [5, 5.41) is 10.8. The van der Waals surface area contributed by atoms with Crippen LogP contribution in [0.3, 0.4) is 0 Å². The molecule has 6 nitrogen and oxygen atoms in total. The van der Waals surface area contributed by atoms with Gasteiger partial charge in [0.15, 0.2) is 0 Å². The Morgan fingerprint density at radius 1 is 1.35 bits per heavy atom. The second-order valence-corrected chi connectivity index (χ2v) is 8.48. The first-order valence-electron chi connectivity index (χ1n) is 12.2. The molecule has 2 rings (SSSR count). The van der Waals surface area contributed by atoms with Gasteiger partial charge in [-0.25, -0.2) is 4.98 Å². The van der Waals surface area contributed by atoms with Gasteiger partial charge in [0.1, 0.15) is 5.76 Å². The van der Waals surface area contributed by atoms with Crippen LogP contribution in [-0.4, -0.2) is 28.9 Å². The lowest BCUT2D eigenvalue weighted by Crippen LogP contribution is -2.14. The van der Waals surface area contributed by atoms with Crippen molar-refractivity contribution in [2.45, 2.75) is 66.8 Å². The molecule has 184 valence electrons. The molecule has 0 aromatic carbocycles. The van der Waals surface area contributed by atoms with Crippen molar-refractivity contribution < 1.29 is 4.74 Å². The average Bonchev–Trinajstić information content (AvgIpc) is 3.12. The van der Waals surface area contributed by atoms with Crippen LogP contribution in [0.1, 0.15) is 70.5 Å². The number of hydrogen-bond acceptors (Lipinski definition) is 5. The van der Waals surface area contributed by atoms with E-state index in [2.05, 4.69) is 57.1 Å². The number of fused-ring (bicyclic) bond motifs is 1. The molecule has 0 saturated carbocycles. The minimum atomic E-state index is 0.333. The number of pyridine rings is 1. The summed E-state index contributed by atoms with van der Waals surface area (Å²) in [7, 11) is 0. The molecule has 6 heteroatoms. The second kappa shape index (κ2) is 12.8. The number of aryl methyl sites for hydroxylation is 1. The van der Waals surface area contributed by atoms with E-state index in [1.807, 2.05) is 19.1 Å². The second-order valence-electron chi connectivity index (χ2n) is 8.48. The number of rotatable bonds is 13. The lowest BCUT2D eigenvalue weighted by molar-refractivity contribution is 0.216. The lowest BCUT2D eigenvalue weighted by atomic mass is 10.1. The van der Waals surface area contributed by atoms with Gasteiger partial charge < -0.3 is 25.8 Å². The van der Waals surface area contributed by atoms with Crippen LogP contribution in [0, 0.1) is 12.3 Å². The van der Waals surface area contributed by atoms with Gasteiger partial charge in [0.2, 0.25) is 0 Å². The van der Waals surface area contributed by atoms with Gasteiger partial charge in [-0.1, -0.05) is 39.5 Å². The van der Waals surface area contributed by atoms with Crippen molar-refractivity contribution in [3.63, 3.8) is 0 Å². The molecule has 1 unspecified atom stereocenters. The SMILES string of the molecule is C=C/C=C\C(=C(/C)OCCC)c1cc(NCC(N)=CC=N)c2c(n1)c(C)c(CC)n2C(C)CC. The Morgan fingerprint density at radius 3 is 2.68 bits per heavy atom. The van der Waals surface area contributed by atoms with Gasteiger partial charge in [-0.15, -0.1) is 0 Å². The Hall–Kier alpha value is -3.28. The van der Waals surface area contributed by atoms with Gasteiger partial charge in [-0.05, 0) is 63.8 Å². The zero-order valence-corrected chi connectivity index (χ0v) is 21.7. The van der Waals surface area contributed by atoms with E-state index in [0.717, 1.165) is 53.0 Å². The van der Waals surface area contributed by atoms with E-state index < -0.39 is 0 Å². The van der Waals surface area contributed by atoms with Gasteiger partial charge in [0.25, 0.3) is 0 Å². The van der Waals surface area contributed by atoms with Gasteiger partial charge in [0, 0.05) is 29.2 Å². The van der Waals surface area contributed by atoms with E-state index in [-0.39, 0.29) is 0 Å². The Bertz CT molecular complexity index is 1100. The summed E-state index contributed by atoms with van der Waals surface area (Å²) < 4.78 is 8.42. The van der Waals surface area contributed by atoms with Crippen LogP contribution in [0.2, 0.25) is 0 Å². The van der Waals surface area contributed by atoms with E-state index in [9.17, 15) is 0 Å². The molecule has 0 aliphatic heterocycles. The van der Waals surface area contributed by atoms with Crippen molar-refractivity contribution >= 4 is 28.5 Å². The van der Waals surface area contributed by atoms with Crippen LogP contribution in [0.15, 0.2) is 48.4 Å². The predicted molar refractivity (Wildman–Crippen MR) is 147 cm³/mol. The number of allylic oxidation sites excluding steroid dienone is 6. The van der Waals surface area contributed by atoms with Crippen LogP contribution >= 0.6 is 0 Å². The largest absolute Gasteiger partial charge is 0.498 e. The summed E-state index contributed by atoms with van der Waals surface area (Å²) in [4.78, 5) is 5.16. The van der Waals surface area contributed by atoms with Crippen LogP contribution < -0.4 is 11.1 Å². The van der Waals surface area contributed by atoms with Crippen molar-refractivity contribution in [3.05, 3.63) is 65.4 Å². The molecule has 2 heterocycles. The summed E-state index contributed by atoms with van der Waals surface area (Å²) in [6.45, 7) is 17.8. The fourth-order valence-corrected chi connectivity index (χ4v) is 4.12. The van der Waals surface area contributed by atoms with Crippen LogP contribution in [0.4, 0.5) is 5.69 Å². The van der Waals surface area contributed by atoms with Crippen LogP contribution in [-0.2, 0) is 11.2 Å². The van der Waals surface area contributed by atoms with Crippen molar-refractivity contribution in [3.8, 4) is 0 Å². The highest BCUT2D eigenvalue weighted by Gasteiger charge is 2.22. The molecule has 0 bridgehead atoms. The minimum absolute atomic E-state index is 0.333. The summed E-state index contributed by atoms with van der Waals surface area (Å²) in [5.74, 6) is 0.829. The normalized spacial score (nSPS) is 13.8.